The van der Waals surface area contributed by atoms with E-state index in [2.05, 4.69) is 99.6 Å². The van der Waals surface area contributed by atoms with Crippen LogP contribution in [0.5, 0.6) is 0 Å². The number of hydrogen-bond donors (Lipinski definition) is 0. The Balaban J connectivity index is 1.99. The molecule has 4 aromatic rings. The Labute approximate surface area is 150 Å². The van der Waals surface area contributed by atoms with Crippen molar-refractivity contribution < 1.29 is 0 Å². The number of rotatable bonds is 3. The normalized spacial score (nSPS) is 12.0. The van der Waals surface area contributed by atoms with Crippen molar-refractivity contribution in [2.24, 2.45) is 0 Å². The minimum Gasteiger partial charge on any atom is -0.0646 e. The van der Waals surface area contributed by atoms with Crippen LogP contribution in [-0.4, -0.2) is 0 Å². The molecule has 0 fully saturated rings. The third kappa shape index (κ3) is 2.72. The van der Waals surface area contributed by atoms with E-state index in [1.165, 1.54) is 38.2 Å². The van der Waals surface area contributed by atoms with Gasteiger partial charge in [0.1, 0.15) is 0 Å². The van der Waals surface area contributed by atoms with Gasteiger partial charge in [-0.15, -0.1) is 0 Å². The maximum Gasteiger partial charge on any atom is -0.00268 e. The maximum absolute atomic E-state index is 2.31. The molecule has 124 valence electrons. The number of hydrogen-bond acceptors (Lipinski definition) is 0. The third-order valence-electron chi connectivity index (χ3n) is 5.61. The Morgan fingerprint density at radius 2 is 1.20 bits per heavy atom. The summed E-state index contributed by atoms with van der Waals surface area (Å²) in [5, 5.41) is 5.25. The van der Waals surface area contributed by atoms with E-state index in [0.29, 0.717) is 0 Å². The van der Waals surface area contributed by atoms with E-state index in [1.54, 1.807) is 0 Å². The van der Waals surface area contributed by atoms with Gasteiger partial charge in [0.2, 0.25) is 0 Å². The average molecular weight is 324 g/mol. The van der Waals surface area contributed by atoms with Crippen LogP contribution in [0.4, 0.5) is 0 Å². The summed E-state index contributed by atoms with van der Waals surface area (Å²) in [6, 6.07) is 28.9. The van der Waals surface area contributed by atoms with E-state index in [9.17, 15) is 0 Å². The van der Waals surface area contributed by atoms with Gasteiger partial charge in [-0.05, 0) is 56.1 Å². The fraction of sp³-hybridized carbons (Fsp3) is 0.200. The summed E-state index contributed by atoms with van der Waals surface area (Å²) in [5.41, 5.74) is 4.26. The van der Waals surface area contributed by atoms with Gasteiger partial charge in [-0.2, -0.15) is 0 Å². The molecule has 0 aliphatic heterocycles. The Morgan fingerprint density at radius 1 is 0.680 bits per heavy atom. The Hall–Kier alpha value is -2.60. The van der Waals surface area contributed by atoms with E-state index in [0.717, 1.165) is 6.42 Å². The fourth-order valence-electron chi connectivity index (χ4n) is 3.62. The van der Waals surface area contributed by atoms with Crippen LogP contribution in [0.3, 0.4) is 0 Å². The van der Waals surface area contributed by atoms with Crippen LogP contribution in [0.1, 0.15) is 32.8 Å². The van der Waals surface area contributed by atoms with Gasteiger partial charge in [-0.25, -0.2) is 0 Å². The zero-order valence-corrected chi connectivity index (χ0v) is 15.2. The molecule has 0 heteroatoms. The van der Waals surface area contributed by atoms with E-state index >= 15 is 0 Å². The smallest absolute Gasteiger partial charge is 0.00268 e. The first-order valence-electron chi connectivity index (χ1n) is 9.11. The lowest BCUT2D eigenvalue weighted by molar-refractivity contribution is 0.506. The molecule has 0 amide bonds. The molecule has 0 heterocycles. The van der Waals surface area contributed by atoms with Gasteiger partial charge in [0.15, 0.2) is 0 Å². The van der Waals surface area contributed by atoms with Gasteiger partial charge in [0.05, 0.1) is 0 Å². The Kier molecular flexibility index (Phi) is 3.84. The highest BCUT2D eigenvalue weighted by atomic mass is 14.2. The lowest BCUT2D eigenvalue weighted by Crippen LogP contribution is -2.14. The average Bonchev–Trinajstić information content (AvgIpc) is 2.66. The first-order valence-corrected chi connectivity index (χ1v) is 9.11. The van der Waals surface area contributed by atoms with Crippen LogP contribution in [0.2, 0.25) is 0 Å². The highest BCUT2D eigenvalue weighted by molar-refractivity contribution is 6.12. The fourth-order valence-corrected chi connectivity index (χ4v) is 3.62. The monoisotopic (exact) mass is 324 g/mol. The van der Waals surface area contributed by atoms with Crippen LogP contribution in [0.25, 0.3) is 32.7 Å². The molecule has 0 atom stereocenters. The minimum absolute atomic E-state index is 0.222. The zero-order valence-electron chi connectivity index (χ0n) is 15.2. The molecule has 0 aliphatic rings. The van der Waals surface area contributed by atoms with Gasteiger partial charge in [0.25, 0.3) is 0 Å². The van der Waals surface area contributed by atoms with Gasteiger partial charge in [0, 0.05) is 0 Å². The number of benzene rings is 4. The Bertz CT molecular complexity index is 982. The second-order valence-corrected chi connectivity index (χ2v) is 7.51. The zero-order chi connectivity index (χ0) is 17.4. The number of fused-ring (bicyclic) bond motifs is 2. The molecule has 0 nitrogen and oxygen atoms in total. The summed E-state index contributed by atoms with van der Waals surface area (Å²) in [6.07, 6.45) is 1.14. The van der Waals surface area contributed by atoms with Crippen molar-refractivity contribution in [3.63, 3.8) is 0 Å². The van der Waals surface area contributed by atoms with E-state index < -0.39 is 0 Å². The molecule has 0 bridgehead atoms. The second kappa shape index (κ2) is 6.04. The van der Waals surface area contributed by atoms with Crippen LogP contribution < -0.4 is 0 Å². The van der Waals surface area contributed by atoms with Gasteiger partial charge in [-0.1, -0.05) is 93.6 Å². The molecule has 0 spiro atoms. The third-order valence-corrected chi connectivity index (χ3v) is 5.61. The van der Waals surface area contributed by atoms with Crippen molar-refractivity contribution in [2.45, 2.75) is 32.6 Å². The maximum atomic E-state index is 2.31. The summed E-state index contributed by atoms with van der Waals surface area (Å²) in [5.74, 6) is 0. The van der Waals surface area contributed by atoms with Crippen LogP contribution in [0.15, 0.2) is 78.9 Å². The van der Waals surface area contributed by atoms with Crippen molar-refractivity contribution >= 4 is 21.5 Å². The molecule has 0 saturated carbocycles. The van der Waals surface area contributed by atoms with Crippen LogP contribution in [-0.2, 0) is 5.41 Å². The first-order chi connectivity index (χ1) is 12.1. The minimum atomic E-state index is 0.222. The predicted octanol–water partition coefficient (Wildman–Crippen LogP) is 7.35. The van der Waals surface area contributed by atoms with Crippen LogP contribution >= 0.6 is 0 Å². The summed E-state index contributed by atoms with van der Waals surface area (Å²) in [7, 11) is 0. The topological polar surface area (TPSA) is 0 Å². The molecule has 4 aromatic carbocycles. The van der Waals surface area contributed by atoms with Crippen molar-refractivity contribution in [1.29, 1.82) is 0 Å². The second-order valence-electron chi connectivity index (χ2n) is 7.51. The summed E-state index contributed by atoms with van der Waals surface area (Å²) < 4.78 is 0. The summed E-state index contributed by atoms with van der Waals surface area (Å²) >= 11 is 0. The standard InChI is InChI=1S/C25H24/c1-4-25(2,3)21-15-13-18(14-16-21)24-22-11-7-5-9-19(22)17-20-10-6-8-12-23(20)24/h5-17H,4H2,1-3H3. The molecular formula is C25H24. The molecule has 0 unspecified atom stereocenters. The predicted molar refractivity (Wildman–Crippen MR) is 110 cm³/mol. The van der Waals surface area contributed by atoms with E-state index in [-0.39, 0.29) is 5.41 Å². The molecule has 0 radical (unpaired) electrons. The Morgan fingerprint density at radius 3 is 1.72 bits per heavy atom. The van der Waals surface area contributed by atoms with Crippen LogP contribution in [0, 0.1) is 0 Å². The van der Waals surface area contributed by atoms with Crippen molar-refractivity contribution in [2.75, 3.05) is 0 Å². The molecule has 0 aromatic heterocycles. The molecule has 25 heavy (non-hydrogen) atoms. The van der Waals surface area contributed by atoms with E-state index in [1.807, 2.05) is 0 Å². The quantitative estimate of drug-likeness (QED) is 0.346. The highest BCUT2D eigenvalue weighted by Crippen LogP contribution is 2.37. The molecular weight excluding hydrogens is 300 g/mol. The SMILES string of the molecule is CCC(C)(C)c1ccc(-c2c3ccccc3cc3ccccc23)cc1. The van der Waals surface area contributed by atoms with Gasteiger partial charge in [-0.3, -0.25) is 0 Å². The molecule has 0 N–H and O–H groups in total. The molecule has 4 rings (SSSR count). The van der Waals surface area contributed by atoms with E-state index in [4.69, 9.17) is 0 Å². The largest absolute Gasteiger partial charge is 0.0646 e. The molecule has 0 saturated heterocycles. The first kappa shape index (κ1) is 15.9. The molecule has 0 aliphatic carbocycles. The van der Waals surface area contributed by atoms with Gasteiger partial charge >= 0.3 is 0 Å². The van der Waals surface area contributed by atoms with Crippen molar-refractivity contribution in [3.05, 3.63) is 84.4 Å². The summed E-state index contributed by atoms with van der Waals surface area (Å²) in [6.45, 7) is 6.89. The van der Waals surface area contributed by atoms with Crippen molar-refractivity contribution in [1.82, 2.24) is 0 Å². The van der Waals surface area contributed by atoms with Gasteiger partial charge < -0.3 is 0 Å². The van der Waals surface area contributed by atoms with Crippen molar-refractivity contribution in [3.8, 4) is 11.1 Å². The highest BCUT2D eigenvalue weighted by Gasteiger charge is 2.18. The lowest BCUT2D eigenvalue weighted by atomic mass is 9.81. The summed E-state index contributed by atoms with van der Waals surface area (Å²) in [4.78, 5) is 0. The lowest BCUT2D eigenvalue weighted by Gasteiger charge is -2.23.